The maximum atomic E-state index is 13.3. The van der Waals surface area contributed by atoms with Crippen molar-refractivity contribution in [2.75, 3.05) is 13.2 Å². The zero-order chi connectivity index (χ0) is 23.9. The predicted molar refractivity (Wildman–Crippen MR) is 61.6 cm³/mol. The van der Waals surface area contributed by atoms with E-state index in [9.17, 15) is 70.2 Å². The number of hydrogen-bond donors (Lipinski definition) is 0. The number of alkyl halides is 16. The van der Waals surface area contributed by atoms with Gasteiger partial charge in [0.2, 0.25) is 0 Å². The molecule has 0 saturated heterocycles. The Balaban J connectivity index is 6.41. The van der Waals surface area contributed by atoms with Gasteiger partial charge in [0.1, 0.15) is 6.61 Å². The lowest BCUT2D eigenvalue weighted by atomic mass is 9.89. The third-order valence-corrected chi connectivity index (χ3v) is 3.25. The lowest BCUT2D eigenvalue weighted by molar-refractivity contribution is -0.448. The molecule has 0 aliphatic heterocycles. The number of rotatable bonds is 11. The Labute approximate surface area is 150 Å². The van der Waals surface area contributed by atoms with Gasteiger partial charge in [0.25, 0.3) is 0 Å². The summed E-state index contributed by atoms with van der Waals surface area (Å²) in [6.07, 6.45) is -5.30. The first kappa shape index (κ1) is 27.6. The van der Waals surface area contributed by atoms with E-state index in [1.807, 2.05) is 0 Å². The largest absolute Gasteiger partial charge is 0.384 e. The average molecular weight is 472 g/mol. The van der Waals surface area contributed by atoms with E-state index in [1.54, 1.807) is 0 Å². The molecule has 0 radical (unpaired) electrons. The van der Waals surface area contributed by atoms with Gasteiger partial charge < -0.3 is 4.74 Å². The van der Waals surface area contributed by atoms with Crippen LogP contribution in [-0.4, -0.2) is 61.1 Å². The molecule has 0 aromatic carbocycles. The fraction of sp³-hybridized carbons (Fsp3) is 0.833. The van der Waals surface area contributed by atoms with Crippen LogP contribution in [0.25, 0.3) is 0 Å². The summed E-state index contributed by atoms with van der Waals surface area (Å²) in [5.41, 5.74) is 0. The first-order valence-electron chi connectivity index (χ1n) is 6.62. The quantitative estimate of drug-likeness (QED) is 0.207. The van der Waals surface area contributed by atoms with Crippen LogP contribution < -0.4 is 0 Å². The van der Waals surface area contributed by atoms with Crippen molar-refractivity contribution in [3.05, 3.63) is 12.7 Å². The highest BCUT2D eigenvalue weighted by Crippen LogP contribution is 2.62. The van der Waals surface area contributed by atoms with Gasteiger partial charge in [0, 0.05) is 0 Å². The summed E-state index contributed by atoms with van der Waals surface area (Å²) in [5, 5.41) is 0. The normalized spacial score (nSPS) is 15.8. The monoisotopic (exact) mass is 472 g/mol. The van der Waals surface area contributed by atoms with Gasteiger partial charge in [-0.2, -0.15) is 61.5 Å². The van der Waals surface area contributed by atoms with E-state index in [4.69, 9.17) is 0 Å². The lowest BCUT2D eigenvalue weighted by Gasteiger charge is -2.42. The molecule has 0 aliphatic rings. The SMILES string of the molecule is C=CCOCC(F)(F)C(F)(F)C(F)(F)C(F)(F)C(F)(F)C(F)(F)C(F)(F)C(F)F. The molecule has 0 aliphatic carbocycles. The van der Waals surface area contributed by atoms with Crippen LogP contribution in [0.15, 0.2) is 12.7 Å². The molecular formula is C12H8F16O. The molecule has 0 bridgehead atoms. The smallest absolute Gasteiger partial charge is 0.371 e. The Hall–Kier alpha value is -1.42. The zero-order valence-corrected chi connectivity index (χ0v) is 13.2. The minimum Gasteiger partial charge on any atom is -0.371 e. The average Bonchev–Trinajstić information content (AvgIpc) is 2.53. The van der Waals surface area contributed by atoms with Crippen LogP contribution in [0.3, 0.4) is 0 Å². The highest BCUT2D eigenvalue weighted by molar-refractivity contribution is 5.14. The van der Waals surface area contributed by atoms with E-state index in [0.29, 0.717) is 6.08 Å². The van der Waals surface area contributed by atoms with Crippen molar-refractivity contribution in [3.8, 4) is 0 Å². The Bertz CT molecular complexity index is 580. The Morgan fingerprint density at radius 3 is 1.31 bits per heavy atom. The number of ether oxygens (including phenoxy) is 1. The Morgan fingerprint density at radius 2 is 0.966 bits per heavy atom. The second-order valence-electron chi connectivity index (χ2n) is 5.30. The first-order valence-corrected chi connectivity index (χ1v) is 6.62. The molecular weight excluding hydrogens is 464 g/mol. The van der Waals surface area contributed by atoms with Gasteiger partial charge in [0.15, 0.2) is 0 Å². The topological polar surface area (TPSA) is 9.23 Å². The molecule has 0 saturated carbocycles. The highest BCUT2D eigenvalue weighted by Gasteiger charge is 2.93. The fourth-order valence-corrected chi connectivity index (χ4v) is 1.53. The molecule has 1 nitrogen and oxygen atoms in total. The number of hydrogen-bond acceptors (Lipinski definition) is 1. The van der Waals surface area contributed by atoms with Crippen LogP contribution in [0.4, 0.5) is 70.2 Å². The molecule has 0 aromatic rings. The standard InChI is InChI=1S/C12H8F16O/c1-2-3-29-4-6(15,16)8(19,20)10(23,24)12(27,28)11(25,26)9(21,22)7(17,18)5(13)14/h2,5H,1,3-4H2. The van der Waals surface area contributed by atoms with E-state index >= 15 is 0 Å². The highest BCUT2D eigenvalue weighted by atomic mass is 19.4. The van der Waals surface area contributed by atoms with Gasteiger partial charge in [0.05, 0.1) is 6.61 Å². The summed E-state index contributed by atoms with van der Waals surface area (Å²) in [6.45, 7) is -1.15. The van der Waals surface area contributed by atoms with Crippen molar-refractivity contribution >= 4 is 0 Å². The summed E-state index contributed by atoms with van der Waals surface area (Å²) in [4.78, 5) is 0. The molecule has 0 aromatic heterocycles. The van der Waals surface area contributed by atoms with Gasteiger partial charge in [-0.1, -0.05) is 6.08 Å². The van der Waals surface area contributed by atoms with Crippen LogP contribution >= 0.6 is 0 Å². The van der Waals surface area contributed by atoms with Crippen molar-refractivity contribution in [2.24, 2.45) is 0 Å². The van der Waals surface area contributed by atoms with Gasteiger partial charge in [-0.15, -0.1) is 6.58 Å². The summed E-state index contributed by atoms with van der Waals surface area (Å²) >= 11 is 0. The fourth-order valence-electron chi connectivity index (χ4n) is 1.53. The van der Waals surface area contributed by atoms with Crippen molar-refractivity contribution in [2.45, 2.75) is 47.9 Å². The molecule has 0 amide bonds. The van der Waals surface area contributed by atoms with Gasteiger partial charge in [-0.05, 0) is 0 Å². The molecule has 0 fully saturated rings. The Morgan fingerprint density at radius 1 is 0.621 bits per heavy atom. The van der Waals surface area contributed by atoms with Crippen molar-refractivity contribution in [3.63, 3.8) is 0 Å². The second kappa shape index (κ2) is 7.68. The molecule has 0 atom stereocenters. The van der Waals surface area contributed by atoms with E-state index in [1.165, 1.54) is 0 Å². The van der Waals surface area contributed by atoms with Gasteiger partial charge >= 0.3 is 47.9 Å². The zero-order valence-electron chi connectivity index (χ0n) is 13.2. The van der Waals surface area contributed by atoms with E-state index in [0.717, 1.165) is 0 Å². The van der Waals surface area contributed by atoms with Crippen LogP contribution in [0, 0.1) is 0 Å². The Kier molecular flexibility index (Phi) is 7.31. The number of halogens is 16. The van der Waals surface area contributed by atoms with Crippen molar-refractivity contribution < 1.29 is 75.0 Å². The molecule has 174 valence electrons. The van der Waals surface area contributed by atoms with E-state index in [-0.39, 0.29) is 0 Å². The third-order valence-electron chi connectivity index (χ3n) is 3.25. The molecule has 0 spiro atoms. The predicted octanol–water partition coefficient (Wildman–Crippen LogP) is 5.90. The summed E-state index contributed by atoms with van der Waals surface area (Å²) in [5.74, 6) is -54.5. The van der Waals surface area contributed by atoms with Crippen molar-refractivity contribution in [1.29, 1.82) is 0 Å². The molecule has 0 heterocycles. The van der Waals surface area contributed by atoms with Crippen LogP contribution in [-0.2, 0) is 4.74 Å². The van der Waals surface area contributed by atoms with Crippen molar-refractivity contribution in [1.82, 2.24) is 0 Å². The minimum atomic E-state index is -8.38. The lowest BCUT2D eigenvalue weighted by Crippen LogP contribution is -2.74. The molecule has 0 unspecified atom stereocenters. The van der Waals surface area contributed by atoms with Crippen LogP contribution in [0.5, 0.6) is 0 Å². The molecule has 0 N–H and O–H groups in total. The summed E-state index contributed by atoms with van der Waals surface area (Å²) in [7, 11) is 0. The second-order valence-corrected chi connectivity index (χ2v) is 5.30. The van der Waals surface area contributed by atoms with E-state index in [2.05, 4.69) is 11.3 Å². The maximum absolute atomic E-state index is 13.3. The minimum absolute atomic E-state index is 0.558. The summed E-state index contributed by atoms with van der Waals surface area (Å²) in [6, 6.07) is 0. The van der Waals surface area contributed by atoms with Crippen LogP contribution in [0.1, 0.15) is 0 Å². The first-order chi connectivity index (χ1) is 12.5. The molecule has 17 heteroatoms. The molecule has 29 heavy (non-hydrogen) atoms. The third kappa shape index (κ3) is 3.85. The van der Waals surface area contributed by atoms with Gasteiger partial charge in [-0.3, -0.25) is 0 Å². The van der Waals surface area contributed by atoms with E-state index < -0.39 is 61.1 Å². The maximum Gasteiger partial charge on any atom is 0.384 e. The van der Waals surface area contributed by atoms with Crippen LogP contribution in [0.2, 0.25) is 0 Å². The molecule has 0 rings (SSSR count). The summed E-state index contributed by atoms with van der Waals surface area (Å²) < 4.78 is 211. The van der Waals surface area contributed by atoms with Gasteiger partial charge in [-0.25, -0.2) is 8.78 Å².